The van der Waals surface area contributed by atoms with Crippen LogP contribution in [0.25, 0.3) is 0 Å². The second kappa shape index (κ2) is 7.73. The number of anilines is 1. The number of benzene rings is 1. The minimum Gasteiger partial charge on any atom is -0.326 e. The monoisotopic (exact) mass is 301 g/mol. The molecule has 0 aromatic heterocycles. The smallest absolute Gasteiger partial charge is 0.271 e. The van der Waals surface area contributed by atoms with Crippen LogP contribution in [0.2, 0.25) is 0 Å². The number of hydrazone groups is 1. The number of hydrogen-bond donors (Lipinski definition) is 2. The lowest BCUT2D eigenvalue weighted by molar-refractivity contribution is -0.115. The molecule has 0 saturated heterocycles. The van der Waals surface area contributed by atoms with Crippen molar-refractivity contribution in [1.29, 1.82) is 0 Å². The summed E-state index contributed by atoms with van der Waals surface area (Å²) in [5, 5.41) is 6.99. The largest absolute Gasteiger partial charge is 0.326 e. The van der Waals surface area contributed by atoms with E-state index in [4.69, 9.17) is 0 Å². The van der Waals surface area contributed by atoms with Crippen LogP contribution in [0.1, 0.15) is 56.3 Å². The molecule has 1 aliphatic rings. The minimum atomic E-state index is -0.223. The highest BCUT2D eigenvalue weighted by Crippen LogP contribution is 2.21. The number of nitrogens with zero attached hydrogens (tertiary/aromatic N) is 1. The predicted molar refractivity (Wildman–Crippen MR) is 87.9 cm³/mol. The lowest BCUT2D eigenvalue weighted by Crippen LogP contribution is -2.22. The molecule has 2 rings (SSSR count). The average molecular weight is 301 g/mol. The van der Waals surface area contributed by atoms with Gasteiger partial charge in [0.1, 0.15) is 0 Å². The number of carbonyl (C=O) groups is 2. The van der Waals surface area contributed by atoms with E-state index in [0.717, 1.165) is 25.0 Å². The highest BCUT2D eigenvalue weighted by Gasteiger charge is 2.14. The van der Waals surface area contributed by atoms with E-state index in [0.29, 0.717) is 23.6 Å². The predicted octanol–water partition coefficient (Wildman–Crippen LogP) is 3.33. The summed E-state index contributed by atoms with van der Waals surface area (Å²) in [6.45, 7) is 4.00. The molecule has 1 aromatic rings. The van der Waals surface area contributed by atoms with Crippen LogP contribution >= 0.6 is 0 Å². The zero-order valence-electron chi connectivity index (χ0n) is 13.2. The maximum atomic E-state index is 12.1. The van der Waals surface area contributed by atoms with Crippen molar-refractivity contribution in [3.05, 3.63) is 29.8 Å². The number of carbonyl (C=O) groups excluding carboxylic acids is 2. The molecule has 0 unspecified atom stereocenters. The molecule has 0 spiro atoms. The van der Waals surface area contributed by atoms with Gasteiger partial charge in [-0.2, -0.15) is 5.10 Å². The second-order valence-corrected chi connectivity index (χ2v) is 5.80. The highest BCUT2D eigenvalue weighted by molar-refractivity contribution is 5.96. The van der Waals surface area contributed by atoms with Gasteiger partial charge in [-0.25, -0.2) is 5.43 Å². The van der Waals surface area contributed by atoms with Gasteiger partial charge in [0, 0.05) is 23.4 Å². The zero-order chi connectivity index (χ0) is 15.9. The zero-order valence-corrected chi connectivity index (χ0v) is 13.2. The summed E-state index contributed by atoms with van der Waals surface area (Å²) in [6, 6.07) is 6.81. The van der Waals surface area contributed by atoms with Gasteiger partial charge < -0.3 is 5.32 Å². The Hall–Kier alpha value is -2.17. The first-order valence-corrected chi connectivity index (χ1v) is 7.84. The lowest BCUT2D eigenvalue weighted by atomic mass is 9.89. The Labute approximate surface area is 131 Å². The molecule has 0 bridgehead atoms. The standard InChI is InChI=1S/C17H23N3O2/c1-3-16(21)18-14-9-7-13(8-10-14)17(22)20-19-15-6-4-5-12(2)11-15/h7-10,12H,3-6,11H2,1-2H3,(H,18,21)(H,20,22)/b19-15-/t12-/m0/s1. The molecule has 5 nitrogen and oxygen atoms in total. The topological polar surface area (TPSA) is 70.6 Å². The van der Waals surface area contributed by atoms with E-state index in [1.165, 1.54) is 6.42 Å². The first kappa shape index (κ1) is 16.2. The molecule has 1 aliphatic carbocycles. The van der Waals surface area contributed by atoms with Gasteiger partial charge >= 0.3 is 0 Å². The van der Waals surface area contributed by atoms with Crippen molar-refractivity contribution in [2.24, 2.45) is 11.0 Å². The number of hydrogen-bond acceptors (Lipinski definition) is 3. The maximum Gasteiger partial charge on any atom is 0.271 e. The van der Waals surface area contributed by atoms with E-state index in [1.807, 2.05) is 0 Å². The van der Waals surface area contributed by atoms with Gasteiger partial charge in [0.2, 0.25) is 5.91 Å². The van der Waals surface area contributed by atoms with E-state index in [1.54, 1.807) is 31.2 Å². The molecule has 2 N–H and O–H groups in total. The van der Waals surface area contributed by atoms with Crippen LogP contribution in [0, 0.1) is 5.92 Å². The minimum absolute atomic E-state index is 0.0463. The summed E-state index contributed by atoms with van der Waals surface area (Å²) < 4.78 is 0. The summed E-state index contributed by atoms with van der Waals surface area (Å²) in [7, 11) is 0. The number of rotatable bonds is 4. The number of amides is 2. The molecule has 5 heteroatoms. The van der Waals surface area contributed by atoms with Crippen molar-refractivity contribution in [1.82, 2.24) is 5.43 Å². The van der Waals surface area contributed by atoms with Crippen molar-refractivity contribution >= 4 is 23.2 Å². The molecule has 2 amide bonds. The Balaban J connectivity index is 1.92. The molecule has 0 radical (unpaired) electrons. The van der Waals surface area contributed by atoms with E-state index in [2.05, 4.69) is 22.8 Å². The quantitative estimate of drug-likeness (QED) is 0.837. The molecule has 1 saturated carbocycles. The van der Waals surface area contributed by atoms with Gasteiger partial charge in [0.05, 0.1) is 0 Å². The van der Waals surface area contributed by atoms with Crippen molar-refractivity contribution < 1.29 is 9.59 Å². The van der Waals surface area contributed by atoms with Crippen LogP contribution in [0.5, 0.6) is 0 Å². The van der Waals surface area contributed by atoms with Gasteiger partial charge in [-0.05, 0) is 55.9 Å². The van der Waals surface area contributed by atoms with Crippen LogP contribution in [0.4, 0.5) is 5.69 Å². The molecule has 0 heterocycles. The van der Waals surface area contributed by atoms with Crippen LogP contribution < -0.4 is 10.7 Å². The van der Waals surface area contributed by atoms with Crippen molar-refractivity contribution in [3.8, 4) is 0 Å². The molecule has 118 valence electrons. The van der Waals surface area contributed by atoms with E-state index < -0.39 is 0 Å². The Bertz CT molecular complexity index is 564. The molecular weight excluding hydrogens is 278 g/mol. The van der Waals surface area contributed by atoms with Crippen LogP contribution in [-0.2, 0) is 4.79 Å². The molecule has 1 fully saturated rings. The Morgan fingerprint density at radius 3 is 2.64 bits per heavy atom. The molecule has 1 atom stereocenters. The van der Waals surface area contributed by atoms with Crippen LogP contribution in [0.3, 0.4) is 0 Å². The fourth-order valence-electron chi connectivity index (χ4n) is 2.51. The van der Waals surface area contributed by atoms with E-state index in [-0.39, 0.29) is 11.8 Å². The second-order valence-electron chi connectivity index (χ2n) is 5.80. The van der Waals surface area contributed by atoms with Gasteiger partial charge in [0.15, 0.2) is 0 Å². The molecular formula is C17H23N3O2. The van der Waals surface area contributed by atoms with Crippen molar-refractivity contribution in [2.45, 2.75) is 46.0 Å². The molecule has 22 heavy (non-hydrogen) atoms. The first-order chi connectivity index (χ1) is 10.6. The third-order valence-corrected chi connectivity index (χ3v) is 3.81. The van der Waals surface area contributed by atoms with Gasteiger partial charge in [-0.15, -0.1) is 0 Å². The van der Waals surface area contributed by atoms with Crippen LogP contribution in [-0.4, -0.2) is 17.5 Å². The highest BCUT2D eigenvalue weighted by atomic mass is 16.2. The van der Waals surface area contributed by atoms with Gasteiger partial charge in [-0.3, -0.25) is 9.59 Å². The Morgan fingerprint density at radius 2 is 2.00 bits per heavy atom. The Morgan fingerprint density at radius 1 is 1.27 bits per heavy atom. The fourth-order valence-corrected chi connectivity index (χ4v) is 2.51. The van der Waals surface area contributed by atoms with Crippen molar-refractivity contribution in [2.75, 3.05) is 5.32 Å². The van der Waals surface area contributed by atoms with Crippen molar-refractivity contribution in [3.63, 3.8) is 0 Å². The summed E-state index contributed by atoms with van der Waals surface area (Å²) >= 11 is 0. The SMILES string of the molecule is CCC(=O)Nc1ccc(C(=O)N/N=C2/CCC[C@H](C)C2)cc1. The summed E-state index contributed by atoms with van der Waals surface area (Å²) in [6.07, 6.45) is 4.73. The first-order valence-electron chi connectivity index (χ1n) is 7.84. The maximum absolute atomic E-state index is 12.1. The normalized spacial score (nSPS) is 19.7. The summed E-state index contributed by atoms with van der Waals surface area (Å²) in [4.78, 5) is 23.3. The lowest BCUT2D eigenvalue weighted by Gasteiger charge is -2.18. The van der Waals surface area contributed by atoms with Gasteiger partial charge in [0.25, 0.3) is 5.91 Å². The van der Waals surface area contributed by atoms with E-state index in [9.17, 15) is 9.59 Å². The third kappa shape index (κ3) is 4.69. The molecule has 0 aliphatic heterocycles. The number of nitrogens with one attached hydrogen (secondary N) is 2. The summed E-state index contributed by atoms with van der Waals surface area (Å²) in [5.41, 5.74) is 4.91. The Kier molecular flexibility index (Phi) is 5.69. The van der Waals surface area contributed by atoms with E-state index >= 15 is 0 Å². The summed E-state index contributed by atoms with van der Waals surface area (Å²) in [5.74, 6) is 0.375. The third-order valence-electron chi connectivity index (χ3n) is 3.81. The fraction of sp³-hybridized carbons (Fsp3) is 0.471. The van der Waals surface area contributed by atoms with Crippen LogP contribution in [0.15, 0.2) is 29.4 Å². The average Bonchev–Trinajstić information content (AvgIpc) is 2.53. The van der Waals surface area contributed by atoms with Gasteiger partial charge in [-0.1, -0.05) is 13.8 Å². The molecule has 1 aromatic carbocycles.